The summed E-state index contributed by atoms with van der Waals surface area (Å²) in [6.07, 6.45) is 3.42. The van der Waals surface area contributed by atoms with Gasteiger partial charge in [0.15, 0.2) is 0 Å². The van der Waals surface area contributed by atoms with E-state index in [1.807, 2.05) is 19.1 Å². The molecule has 1 aromatic carbocycles. The maximum atomic E-state index is 12.9. The lowest BCUT2D eigenvalue weighted by Crippen LogP contribution is -2.39. The molecular formula is C23H37NO3. The molecule has 0 bridgehead atoms. The number of benzene rings is 1. The van der Waals surface area contributed by atoms with Gasteiger partial charge in [-0.3, -0.25) is 4.90 Å². The van der Waals surface area contributed by atoms with Crippen LogP contribution in [-0.4, -0.2) is 35.7 Å². The summed E-state index contributed by atoms with van der Waals surface area (Å²) < 4.78 is 5.45. The fourth-order valence-corrected chi connectivity index (χ4v) is 3.85. The summed E-state index contributed by atoms with van der Waals surface area (Å²) in [7, 11) is 0. The number of hydrogen-bond acceptors (Lipinski definition) is 4. The average molecular weight is 376 g/mol. The molecule has 1 unspecified atom stereocenters. The van der Waals surface area contributed by atoms with Gasteiger partial charge < -0.3 is 9.84 Å². The molecule has 1 heterocycles. The average Bonchev–Trinajstić information content (AvgIpc) is 2.55. The van der Waals surface area contributed by atoms with Crippen molar-refractivity contribution in [2.45, 2.75) is 84.6 Å². The smallest absolute Gasteiger partial charge is 0.327 e. The van der Waals surface area contributed by atoms with Crippen molar-refractivity contribution in [3.05, 3.63) is 28.8 Å². The van der Waals surface area contributed by atoms with Gasteiger partial charge in [-0.15, -0.1) is 0 Å². The Morgan fingerprint density at radius 3 is 1.93 bits per heavy atom. The Labute approximate surface area is 164 Å². The summed E-state index contributed by atoms with van der Waals surface area (Å²) in [6, 6.07) is 3.62. The number of phenols is 1. The first-order valence-electron chi connectivity index (χ1n) is 10.3. The Hall–Kier alpha value is -1.55. The van der Waals surface area contributed by atoms with Crippen LogP contribution in [0.2, 0.25) is 0 Å². The zero-order chi connectivity index (χ0) is 20.4. The van der Waals surface area contributed by atoms with E-state index in [4.69, 9.17) is 4.74 Å². The van der Waals surface area contributed by atoms with Gasteiger partial charge in [0.25, 0.3) is 0 Å². The first kappa shape index (κ1) is 21.7. The highest BCUT2D eigenvalue weighted by atomic mass is 16.5. The highest BCUT2D eigenvalue weighted by Crippen LogP contribution is 2.42. The van der Waals surface area contributed by atoms with Crippen LogP contribution in [0.5, 0.6) is 5.75 Å². The first-order chi connectivity index (χ1) is 12.5. The normalized spacial score (nSPS) is 17.6. The van der Waals surface area contributed by atoms with Crippen molar-refractivity contribution in [1.29, 1.82) is 0 Å². The lowest BCUT2D eigenvalue weighted by atomic mass is 9.77. The third-order valence-corrected chi connectivity index (χ3v) is 5.33. The molecule has 1 saturated heterocycles. The zero-order valence-electron chi connectivity index (χ0n) is 18.2. The molecule has 4 heteroatoms. The first-order valence-corrected chi connectivity index (χ1v) is 10.3. The molecule has 0 spiro atoms. The second-order valence-electron chi connectivity index (χ2n) is 9.72. The molecule has 0 amide bonds. The van der Waals surface area contributed by atoms with Gasteiger partial charge >= 0.3 is 5.97 Å². The third-order valence-electron chi connectivity index (χ3n) is 5.33. The third kappa shape index (κ3) is 5.04. The second kappa shape index (κ2) is 8.22. The number of ether oxygens (including phenoxy) is 1. The van der Waals surface area contributed by atoms with Gasteiger partial charge in [0, 0.05) is 0 Å². The van der Waals surface area contributed by atoms with E-state index < -0.39 is 6.04 Å². The number of carbonyl (C=O) groups is 1. The predicted octanol–water partition coefficient (Wildman–Crippen LogP) is 5.08. The van der Waals surface area contributed by atoms with Crippen LogP contribution >= 0.6 is 0 Å². The minimum atomic E-state index is -0.409. The Balaban J connectivity index is 2.64. The van der Waals surface area contributed by atoms with E-state index in [9.17, 15) is 9.90 Å². The summed E-state index contributed by atoms with van der Waals surface area (Å²) >= 11 is 0. The van der Waals surface area contributed by atoms with Gasteiger partial charge in [-0.2, -0.15) is 0 Å². The Kier molecular flexibility index (Phi) is 6.62. The fraction of sp³-hybridized carbons (Fsp3) is 0.696. The van der Waals surface area contributed by atoms with Crippen LogP contribution in [0.15, 0.2) is 12.1 Å². The van der Waals surface area contributed by atoms with Gasteiger partial charge in [-0.1, -0.05) is 48.0 Å². The van der Waals surface area contributed by atoms with Crippen molar-refractivity contribution in [3.63, 3.8) is 0 Å². The summed E-state index contributed by atoms with van der Waals surface area (Å²) in [6.45, 7) is 16.6. The predicted molar refractivity (Wildman–Crippen MR) is 110 cm³/mol. The van der Waals surface area contributed by atoms with E-state index in [0.29, 0.717) is 12.4 Å². The van der Waals surface area contributed by atoms with Gasteiger partial charge in [0.1, 0.15) is 11.8 Å². The zero-order valence-corrected chi connectivity index (χ0v) is 18.2. The van der Waals surface area contributed by atoms with E-state index in [0.717, 1.165) is 42.6 Å². The quantitative estimate of drug-likeness (QED) is 0.746. The number of likely N-dealkylation sites (tertiary alicyclic amines) is 1. The van der Waals surface area contributed by atoms with E-state index in [2.05, 4.69) is 46.4 Å². The molecule has 1 aliphatic heterocycles. The van der Waals surface area contributed by atoms with Crippen LogP contribution in [0, 0.1) is 0 Å². The summed E-state index contributed by atoms with van der Waals surface area (Å²) in [5, 5.41) is 11.0. The van der Waals surface area contributed by atoms with Crippen LogP contribution in [0.1, 0.15) is 90.5 Å². The largest absolute Gasteiger partial charge is 0.507 e. The molecule has 1 aromatic rings. The number of esters is 1. The van der Waals surface area contributed by atoms with Gasteiger partial charge in [-0.25, -0.2) is 4.79 Å². The summed E-state index contributed by atoms with van der Waals surface area (Å²) in [4.78, 5) is 15.2. The molecule has 1 aliphatic rings. The van der Waals surface area contributed by atoms with E-state index >= 15 is 0 Å². The minimum Gasteiger partial charge on any atom is -0.507 e. The van der Waals surface area contributed by atoms with E-state index in [1.54, 1.807) is 0 Å². The molecule has 152 valence electrons. The van der Waals surface area contributed by atoms with Gasteiger partial charge in [0.2, 0.25) is 0 Å². The van der Waals surface area contributed by atoms with Crippen LogP contribution in [0.4, 0.5) is 0 Å². The number of phenolic OH excluding ortho intramolecular Hbond substituents is 1. The van der Waals surface area contributed by atoms with Crippen molar-refractivity contribution in [1.82, 2.24) is 4.90 Å². The van der Waals surface area contributed by atoms with Crippen molar-refractivity contribution < 1.29 is 14.6 Å². The van der Waals surface area contributed by atoms with Crippen molar-refractivity contribution in [2.24, 2.45) is 0 Å². The van der Waals surface area contributed by atoms with Crippen molar-refractivity contribution in [3.8, 4) is 5.75 Å². The number of aromatic hydroxyl groups is 1. The Bertz CT molecular complexity index is 626. The minimum absolute atomic E-state index is 0.190. The number of carbonyl (C=O) groups excluding carboxylic acids is 1. The number of nitrogens with zero attached hydrogens (tertiary/aromatic N) is 1. The van der Waals surface area contributed by atoms with Crippen LogP contribution in [-0.2, 0) is 20.4 Å². The van der Waals surface area contributed by atoms with Gasteiger partial charge in [-0.05, 0) is 72.5 Å². The van der Waals surface area contributed by atoms with Gasteiger partial charge in [0.05, 0.1) is 6.61 Å². The Morgan fingerprint density at radius 2 is 1.52 bits per heavy atom. The maximum absolute atomic E-state index is 12.9. The molecule has 0 aliphatic carbocycles. The fourth-order valence-electron chi connectivity index (χ4n) is 3.85. The number of hydrogen-bond donors (Lipinski definition) is 1. The molecule has 4 nitrogen and oxygen atoms in total. The second-order valence-corrected chi connectivity index (χ2v) is 9.72. The molecular weight excluding hydrogens is 338 g/mol. The van der Waals surface area contributed by atoms with Crippen molar-refractivity contribution >= 4 is 5.97 Å². The molecule has 0 aromatic heterocycles. The SMILES string of the molecule is CCOC(=O)C(c1cc(C(C)(C)C)c(O)c(C(C)(C)C)c1)N1CCCCC1. The Morgan fingerprint density at radius 1 is 1.04 bits per heavy atom. The maximum Gasteiger partial charge on any atom is 0.327 e. The molecule has 0 radical (unpaired) electrons. The number of piperidine rings is 1. The van der Waals surface area contributed by atoms with E-state index in [-0.39, 0.29) is 16.8 Å². The lowest BCUT2D eigenvalue weighted by molar-refractivity contribution is -0.150. The molecule has 27 heavy (non-hydrogen) atoms. The molecule has 2 rings (SSSR count). The molecule has 0 saturated carbocycles. The molecule has 1 fully saturated rings. The molecule has 1 N–H and O–H groups in total. The standard InChI is InChI=1S/C23H37NO3/c1-8-27-21(26)19(24-12-10-9-11-13-24)16-14-17(22(2,3)4)20(25)18(15-16)23(5,6)7/h14-15,19,25H,8-13H2,1-7H3. The summed E-state index contributed by atoms with van der Waals surface area (Å²) in [5.74, 6) is 0.157. The summed E-state index contributed by atoms with van der Waals surface area (Å²) in [5.41, 5.74) is 2.26. The van der Waals surface area contributed by atoms with E-state index in [1.165, 1.54) is 6.42 Å². The van der Waals surface area contributed by atoms with Crippen LogP contribution < -0.4 is 0 Å². The van der Waals surface area contributed by atoms with Crippen molar-refractivity contribution in [2.75, 3.05) is 19.7 Å². The highest BCUT2D eigenvalue weighted by Gasteiger charge is 2.34. The molecule has 1 atom stereocenters. The number of rotatable bonds is 4. The monoisotopic (exact) mass is 375 g/mol. The topological polar surface area (TPSA) is 49.8 Å². The van der Waals surface area contributed by atoms with Crippen LogP contribution in [0.25, 0.3) is 0 Å². The lowest BCUT2D eigenvalue weighted by Gasteiger charge is -2.35. The highest BCUT2D eigenvalue weighted by molar-refractivity contribution is 5.78. The van der Waals surface area contributed by atoms with Crippen LogP contribution in [0.3, 0.4) is 0 Å².